The van der Waals surface area contributed by atoms with Gasteiger partial charge in [0.05, 0.1) is 19.8 Å². The zero-order chi connectivity index (χ0) is 23.4. The Kier molecular flexibility index (Phi) is 7.65. The third-order valence-electron chi connectivity index (χ3n) is 6.91. The van der Waals surface area contributed by atoms with Gasteiger partial charge in [-0.25, -0.2) is 0 Å². The fourth-order valence-electron chi connectivity index (χ4n) is 5.15. The van der Waals surface area contributed by atoms with Gasteiger partial charge in [0.15, 0.2) is 0 Å². The Morgan fingerprint density at radius 2 is 2.03 bits per heavy atom. The van der Waals surface area contributed by atoms with Crippen LogP contribution in [0.1, 0.15) is 42.0 Å². The Bertz CT molecular complexity index is 952. The second-order valence-electron chi connectivity index (χ2n) is 9.06. The number of hydrogen-bond donors (Lipinski definition) is 3. The molecule has 0 aromatic heterocycles. The van der Waals surface area contributed by atoms with Crippen LogP contribution in [0.2, 0.25) is 0 Å². The molecule has 1 saturated heterocycles. The second-order valence-corrected chi connectivity index (χ2v) is 9.06. The van der Waals surface area contributed by atoms with Gasteiger partial charge < -0.3 is 25.2 Å². The first-order valence-electron chi connectivity index (χ1n) is 11.8. The monoisotopic (exact) mass is 453 g/mol. The normalized spacial score (nSPS) is 21.7. The highest BCUT2D eigenvalue weighted by molar-refractivity contribution is 5.96. The molecule has 0 radical (unpaired) electrons. The van der Waals surface area contributed by atoms with Crippen molar-refractivity contribution in [2.45, 2.75) is 50.4 Å². The van der Waals surface area contributed by atoms with Gasteiger partial charge >= 0.3 is 0 Å². The highest BCUT2D eigenvalue weighted by Gasteiger charge is 2.33. The summed E-state index contributed by atoms with van der Waals surface area (Å²) in [5.74, 6) is 0.909. The molecule has 0 aliphatic carbocycles. The van der Waals surface area contributed by atoms with Gasteiger partial charge in [0.2, 0.25) is 5.91 Å². The number of aliphatic hydroxyl groups excluding tert-OH is 2. The first kappa shape index (κ1) is 23.7. The Hall–Kier alpha value is -2.45. The lowest BCUT2D eigenvalue weighted by Crippen LogP contribution is -2.50. The predicted molar refractivity (Wildman–Crippen MR) is 128 cm³/mol. The van der Waals surface area contributed by atoms with E-state index in [1.807, 2.05) is 19.2 Å². The van der Waals surface area contributed by atoms with Crippen molar-refractivity contribution >= 4 is 11.6 Å². The molecule has 2 aliphatic rings. The molecule has 7 nitrogen and oxygen atoms in total. The van der Waals surface area contributed by atoms with E-state index in [4.69, 9.17) is 4.74 Å². The van der Waals surface area contributed by atoms with E-state index in [1.165, 1.54) is 5.56 Å². The zero-order valence-corrected chi connectivity index (χ0v) is 19.5. The summed E-state index contributed by atoms with van der Waals surface area (Å²) in [5, 5.41) is 23.7. The van der Waals surface area contributed by atoms with Crippen molar-refractivity contribution in [3.63, 3.8) is 0 Å². The van der Waals surface area contributed by atoms with Gasteiger partial charge in [0.1, 0.15) is 5.75 Å². The molecule has 4 rings (SSSR count). The first-order valence-corrected chi connectivity index (χ1v) is 11.8. The first-order chi connectivity index (χ1) is 16.0. The summed E-state index contributed by atoms with van der Waals surface area (Å²) >= 11 is 0. The average molecular weight is 454 g/mol. The van der Waals surface area contributed by atoms with Gasteiger partial charge in [-0.2, -0.15) is 0 Å². The summed E-state index contributed by atoms with van der Waals surface area (Å²) in [4.78, 5) is 16.3. The lowest BCUT2D eigenvalue weighted by atomic mass is 9.90. The maximum atomic E-state index is 12.3. The van der Waals surface area contributed by atoms with Crippen LogP contribution in [0, 0.1) is 0 Å². The summed E-state index contributed by atoms with van der Waals surface area (Å²) in [6.45, 7) is 1.55. The predicted octanol–water partition coefficient (Wildman–Crippen LogP) is 2.25. The number of fused-ring (bicyclic) bond motifs is 1. The van der Waals surface area contributed by atoms with E-state index < -0.39 is 6.10 Å². The van der Waals surface area contributed by atoms with E-state index >= 15 is 0 Å². The molecule has 0 bridgehead atoms. The number of methoxy groups -OCH3 is 1. The summed E-state index contributed by atoms with van der Waals surface area (Å²) in [5.41, 5.74) is 4.22. The molecule has 3 unspecified atom stereocenters. The van der Waals surface area contributed by atoms with Crippen molar-refractivity contribution in [2.75, 3.05) is 38.8 Å². The second kappa shape index (κ2) is 10.7. The molecule has 3 N–H and O–H groups in total. The number of anilines is 1. The smallest absolute Gasteiger partial charge is 0.227 e. The van der Waals surface area contributed by atoms with Gasteiger partial charge in [0.25, 0.3) is 0 Å². The number of amides is 1. The summed E-state index contributed by atoms with van der Waals surface area (Å²) in [7, 11) is 3.49. The van der Waals surface area contributed by atoms with Crippen molar-refractivity contribution in [1.29, 1.82) is 0 Å². The zero-order valence-electron chi connectivity index (χ0n) is 19.5. The molecule has 2 aromatic carbocycles. The lowest BCUT2D eigenvalue weighted by molar-refractivity contribution is -0.118. The van der Waals surface area contributed by atoms with Crippen LogP contribution in [-0.2, 0) is 17.8 Å². The fraction of sp³-hybridized carbons (Fsp3) is 0.500. The van der Waals surface area contributed by atoms with Crippen LogP contribution in [-0.4, -0.2) is 67.0 Å². The number of carbonyl (C=O) groups is 1. The number of nitrogens with zero attached hydrogens (tertiary/aromatic N) is 2. The average Bonchev–Trinajstić information content (AvgIpc) is 2.86. The van der Waals surface area contributed by atoms with Crippen LogP contribution in [0.4, 0.5) is 5.69 Å². The van der Waals surface area contributed by atoms with Crippen LogP contribution in [0.25, 0.3) is 0 Å². The number of nitrogens with one attached hydrogen (secondary N) is 1. The highest BCUT2D eigenvalue weighted by atomic mass is 16.5. The van der Waals surface area contributed by atoms with Gasteiger partial charge in [-0.15, -0.1) is 0 Å². The molecule has 7 heteroatoms. The maximum absolute atomic E-state index is 12.3. The van der Waals surface area contributed by atoms with E-state index in [1.54, 1.807) is 12.0 Å². The van der Waals surface area contributed by atoms with Gasteiger partial charge in [0, 0.05) is 49.9 Å². The number of carbonyl (C=O) groups excluding carboxylic acids is 1. The minimum atomic E-state index is -0.837. The van der Waals surface area contributed by atoms with Crippen molar-refractivity contribution in [3.05, 3.63) is 59.2 Å². The van der Waals surface area contributed by atoms with E-state index in [0.29, 0.717) is 25.9 Å². The molecule has 3 atom stereocenters. The molecule has 0 spiro atoms. The molecule has 1 amide bonds. The van der Waals surface area contributed by atoms with Gasteiger partial charge in [-0.05, 0) is 49.1 Å². The number of rotatable bonds is 8. The number of aliphatic hydroxyl groups is 2. The van der Waals surface area contributed by atoms with E-state index in [0.717, 1.165) is 42.0 Å². The highest BCUT2D eigenvalue weighted by Crippen LogP contribution is 2.36. The van der Waals surface area contributed by atoms with E-state index in [2.05, 4.69) is 40.5 Å². The van der Waals surface area contributed by atoms with Crippen molar-refractivity contribution in [3.8, 4) is 5.75 Å². The van der Waals surface area contributed by atoms with Crippen molar-refractivity contribution in [1.82, 2.24) is 10.2 Å². The lowest BCUT2D eigenvalue weighted by Gasteiger charge is -2.42. The molecular formula is C26H35N3O4. The van der Waals surface area contributed by atoms with Gasteiger partial charge in [-0.1, -0.05) is 30.3 Å². The number of aryl methyl sites for hydroxylation is 1. The van der Waals surface area contributed by atoms with Crippen LogP contribution in [0.5, 0.6) is 5.75 Å². The molecule has 2 aromatic rings. The Labute approximate surface area is 196 Å². The standard InChI is InChI=1S/C26H35N3O4/c1-28-23-13-20(24(33-2)14-19(23)10-11-25(28)32)15-29(16-21(31)17-30)22-9-6-12-27-26(22)18-7-4-3-5-8-18/h3-5,7-8,13-14,21-22,26-27,30-31H,6,9-12,15-17H2,1-2H3. The Morgan fingerprint density at radius 1 is 1.24 bits per heavy atom. The quantitative estimate of drug-likeness (QED) is 0.569. The molecule has 2 heterocycles. The molecule has 1 fully saturated rings. The molecule has 178 valence electrons. The minimum Gasteiger partial charge on any atom is -0.496 e. The van der Waals surface area contributed by atoms with Crippen LogP contribution < -0.4 is 15.0 Å². The molecular weight excluding hydrogens is 418 g/mol. The van der Waals surface area contributed by atoms with Crippen LogP contribution >= 0.6 is 0 Å². The van der Waals surface area contributed by atoms with E-state index in [9.17, 15) is 15.0 Å². The fourth-order valence-corrected chi connectivity index (χ4v) is 5.15. The maximum Gasteiger partial charge on any atom is 0.227 e. The van der Waals surface area contributed by atoms with Crippen LogP contribution in [0.3, 0.4) is 0 Å². The van der Waals surface area contributed by atoms with Crippen LogP contribution in [0.15, 0.2) is 42.5 Å². The summed E-state index contributed by atoms with van der Waals surface area (Å²) < 4.78 is 5.75. The SMILES string of the molecule is COc1cc2c(cc1CN(CC(O)CO)C1CCCNC1c1ccccc1)N(C)C(=O)CC2. The molecule has 33 heavy (non-hydrogen) atoms. The largest absolute Gasteiger partial charge is 0.496 e. The molecule has 0 saturated carbocycles. The third-order valence-corrected chi connectivity index (χ3v) is 6.91. The number of hydrogen-bond acceptors (Lipinski definition) is 6. The number of ether oxygens (including phenoxy) is 1. The summed E-state index contributed by atoms with van der Waals surface area (Å²) in [6.07, 6.45) is 2.41. The topological polar surface area (TPSA) is 85.3 Å². The third kappa shape index (κ3) is 5.22. The molecule has 2 aliphatic heterocycles. The van der Waals surface area contributed by atoms with Gasteiger partial charge in [-0.3, -0.25) is 9.69 Å². The summed E-state index contributed by atoms with van der Waals surface area (Å²) in [6, 6.07) is 14.8. The number of benzene rings is 2. The number of piperidine rings is 1. The Balaban J connectivity index is 1.68. The van der Waals surface area contributed by atoms with Crippen molar-refractivity contribution in [2.24, 2.45) is 0 Å². The van der Waals surface area contributed by atoms with Crippen molar-refractivity contribution < 1.29 is 19.7 Å². The Morgan fingerprint density at radius 3 is 2.76 bits per heavy atom. The minimum absolute atomic E-state index is 0.117. The van der Waals surface area contributed by atoms with E-state index in [-0.39, 0.29) is 24.6 Å².